The summed E-state index contributed by atoms with van der Waals surface area (Å²) in [4.78, 5) is 15.3. The molecule has 1 aromatic heterocycles. The minimum absolute atomic E-state index is 0.241. The molecule has 3 nitrogen and oxygen atoms in total. The first-order valence-electron chi connectivity index (χ1n) is 5.38. The number of esters is 1. The summed E-state index contributed by atoms with van der Waals surface area (Å²) < 4.78 is 4.55. The highest BCUT2D eigenvalue weighted by atomic mass is 16.5. The molecule has 0 spiro atoms. The molecule has 1 aromatic carbocycles. The van der Waals surface area contributed by atoms with Crippen LogP contribution in [0.1, 0.15) is 12.0 Å². The van der Waals surface area contributed by atoms with Crippen molar-refractivity contribution in [3.05, 3.63) is 48.2 Å². The van der Waals surface area contributed by atoms with Gasteiger partial charge in [0, 0.05) is 11.6 Å². The molecule has 0 fully saturated rings. The molecule has 0 aliphatic heterocycles. The van der Waals surface area contributed by atoms with Crippen molar-refractivity contribution in [2.24, 2.45) is 0 Å². The summed E-state index contributed by atoms with van der Waals surface area (Å²) in [5.41, 5.74) is 1.95. The maximum Gasteiger partial charge on any atom is 0.309 e. The lowest BCUT2D eigenvalue weighted by Gasteiger charge is -1.98. The van der Waals surface area contributed by atoms with Gasteiger partial charge in [-0.05, 0) is 17.7 Å². The summed E-state index contributed by atoms with van der Waals surface area (Å²) in [7, 11) is 1.38. The standard InChI is InChI=1S/C14H13NO2/c1-17-14(16)8-4-5-11-9-12-6-2-3-7-13(12)15-10-11/h2-7,9-10H,8H2,1H3/b5-4+. The van der Waals surface area contributed by atoms with Crippen LogP contribution in [0.3, 0.4) is 0 Å². The number of methoxy groups -OCH3 is 1. The van der Waals surface area contributed by atoms with Gasteiger partial charge < -0.3 is 4.74 Å². The second-order valence-corrected chi connectivity index (χ2v) is 3.64. The van der Waals surface area contributed by atoms with Crippen LogP contribution in [0, 0.1) is 0 Å². The fraction of sp³-hybridized carbons (Fsp3) is 0.143. The van der Waals surface area contributed by atoms with Crippen LogP contribution in [0.2, 0.25) is 0 Å². The molecule has 0 saturated carbocycles. The van der Waals surface area contributed by atoms with E-state index < -0.39 is 0 Å². The lowest BCUT2D eigenvalue weighted by Crippen LogP contribution is -1.96. The molecular weight excluding hydrogens is 214 g/mol. The zero-order valence-electron chi connectivity index (χ0n) is 9.59. The quantitative estimate of drug-likeness (QED) is 0.757. The second-order valence-electron chi connectivity index (χ2n) is 3.64. The first-order chi connectivity index (χ1) is 8.29. The van der Waals surface area contributed by atoms with Gasteiger partial charge in [-0.3, -0.25) is 9.78 Å². The van der Waals surface area contributed by atoms with Crippen molar-refractivity contribution in [1.82, 2.24) is 4.98 Å². The van der Waals surface area contributed by atoms with Gasteiger partial charge in [0.15, 0.2) is 0 Å². The van der Waals surface area contributed by atoms with Crippen LogP contribution in [0.5, 0.6) is 0 Å². The monoisotopic (exact) mass is 227 g/mol. The van der Waals surface area contributed by atoms with Crippen molar-refractivity contribution < 1.29 is 9.53 Å². The van der Waals surface area contributed by atoms with Gasteiger partial charge in [0.25, 0.3) is 0 Å². The van der Waals surface area contributed by atoms with Crippen molar-refractivity contribution in [3.63, 3.8) is 0 Å². The summed E-state index contributed by atoms with van der Waals surface area (Å²) in [6, 6.07) is 9.96. The molecule has 0 atom stereocenters. The van der Waals surface area contributed by atoms with Crippen LogP contribution in [0.15, 0.2) is 42.6 Å². The van der Waals surface area contributed by atoms with Gasteiger partial charge >= 0.3 is 5.97 Å². The van der Waals surface area contributed by atoms with E-state index in [0.29, 0.717) is 0 Å². The Morgan fingerprint density at radius 3 is 3.06 bits per heavy atom. The topological polar surface area (TPSA) is 39.2 Å². The Morgan fingerprint density at radius 2 is 2.24 bits per heavy atom. The van der Waals surface area contributed by atoms with Gasteiger partial charge in [-0.1, -0.05) is 30.4 Å². The molecule has 0 radical (unpaired) electrons. The van der Waals surface area contributed by atoms with E-state index in [1.807, 2.05) is 36.4 Å². The minimum atomic E-state index is -0.241. The van der Waals surface area contributed by atoms with Gasteiger partial charge in [0.05, 0.1) is 19.0 Å². The number of rotatable bonds is 3. The molecule has 0 aliphatic rings. The zero-order chi connectivity index (χ0) is 12.1. The number of hydrogen-bond acceptors (Lipinski definition) is 3. The highest BCUT2D eigenvalue weighted by Crippen LogP contribution is 2.13. The first kappa shape index (κ1) is 11.3. The number of fused-ring (bicyclic) bond motifs is 1. The van der Waals surface area contributed by atoms with E-state index in [4.69, 9.17) is 0 Å². The van der Waals surface area contributed by atoms with E-state index in [2.05, 4.69) is 9.72 Å². The molecule has 86 valence electrons. The van der Waals surface area contributed by atoms with Crippen molar-refractivity contribution in [2.75, 3.05) is 7.11 Å². The molecule has 2 aromatic rings. The van der Waals surface area contributed by atoms with E-state index in [9.17, 15) is 4.79 Å². The Hall–Kier alpha value is -2.16. The van der Waals surface area contributed by atoms with Crippen LogP contribution < -0.4 is 0 Å². The largest absolute Gasteiger partial charge is 0.469 e. The fourth-order valence-corrected chi connectivity index (χ4v) is 1.55. The molecule has 17 heavy (non-hydrogen) atoms. The Bertz CT molecular complexity index is 561. The van der Waals surface area contributed by atoms with E-state index in [-0.39, 0.29) is 12.4 Å². The Kier molecular flexibility index (Phi) is 3.50. The van der Waals surface area contributed by atoms with Crippen molar-refractivity contribution >= 4 is 22.9 Å². The lowest BCUT2D eigenvalue weighted by atomic mass is 10.1. The fourth-order valence-electron chi connectivity index (χ4n) is 1.55. The van der Waals surface area contributed by atoms with Crippen molar-refractivity contribution in [1.29, 1.82) is 0 Å². The molecule has 0 saturated heterocycles. The van der Waals surface area contributed by atoms with E-state index >= 15 is 0 Å². The van der Waals surface area contributed by atoms with E-state index in [1.54, 1.807) is 12.3 Å². The zero-order valence-corrected chi connectivity index (χ0v) is 9.59. The molecule has 0 bridgehead atoms. The number of ether oxygens (including phenoxy) is 1. The number of benzene rings is 1. The predicted octanol–water partition coefficient (Wildman–Crippen LogP) is 2.81. The SMILES string of the molecule is COC(=O)C/C=C/c1cnc2ccccc2c1. The van der Waals surface area contributed by atoms with Crippen LogP contribution >= 0.6 is 0 Å². The third-order valence-corrected chi connectivity index (χ3v) is 2.43. The van der Waals surface area contributed by atoms with Crippen LogP contribution in [-0.4, -0.2) is 18.1 Å². The third-order valence-electron chi connectivity index (χ3n) is 2.43. The molecule has 2 rings (SSSR count). The molecule has 0 N–H and O–H groups in total. The maximum absolute atomic E-state index is 10.9. The van der Waals surface area contributed by atoms with Gasteiger partial charge in [0.1, 0.15) is 0 Å². The minimum Gasteiger partial charge on any atom is -0.469 e. The molecule has 0 unspecified atom stereocenters. The predicted molar refractivity (Wildman–Crippen MR) is 67.4 cm³/mol. The lowest BCUT2D eigenvalue weighted by molar-refractivity contribution is -0.139. The van der Waals surface area contributed by atoms with Gasteiger partial charge in [0.2, 0.25) is 0 Å². The number of hydrogen-bond donors (Lipinski definition) is 0. The summed E-state index contributed by atoms with van der Waals surface area (Å²) in [5.74, 6) is -0.241. The summed E-state index contributed by atoms with van der Waals surface area (Å²) in [6.07, 6.45) is 5.72. The molecule has 0 aliphatic carbocycles. The highest BCUT2D eigenvalue weighted by molar-refractivity contribution is 5.80. The van der Waals surface area contributed by atoms with Gasteiger partial charge in [-0.15, -0.1) is 0 Å². The summed E-state index contributed by atoms with van der Waals surface area (Å²) >= 11 is 0. The molecular formula is C14H13NO2. The molecule has 1 heterocycles. The number of para-hydroxylation sites is 1. The number of carbonyl (C=O) groups excluding carboxylic acids is 1. The van der Waals surface area contributed by atoms with Crippen LogP contribution in [-0.2, 0) is 9.53 Å². The first-order valence-corrected chi connectivity index (χ1v) is 5.38. The second kappa shape index (κ2) is 5.25. The van der Waals surface area contributed by atoms with Crippen LogP contribution in [0.4, 0.5) is 0 Å². The van der Waals surface area contributed by atoms with Gasteiger partial charge in [-0.2, -0.15) is 0 Å². The third kappa shape index (κ3) is 2.91. The summed E-state index contributed by atoms with van der Waals surface area (Å²) in [5, 5.41) is 1.09. The number of carbonyl (C=O) groups is 1. The van der Waals surface area contributed by atoms with Crippen molar-refractivity contribution in [3.8, 4) is 0 Å². The number of aromatic nitrogens is 1. The maximum atomic E-state index is 10.9. The highest BCUT2D eigenvalue weighted by Gasteiger charge is 1.96. The molecule has 3 heteroatoms. The molecule has 0 amide bonds. The van der Waals surface area contributed by atoms with Crippen LogP contribution in [0.25, 0.3) is 17.0 Å². The van der Waals surface area contributed by atoms with Gasteiger partial charge in [-0.25, -0.2) is 0 Å². The van der Waals surface area contributed by atoms with E-state index in [0.717, 1.165) is 16.5 Å². The average molecular weight is 227 g/mol. The number of pyridine rings is 1. The summed E-state index contributed by atoms with van der Waals surface area (Å²) in [6.45, 7) is 0. The normalized spacial score (nSPS) is 10.9. The van der Waals surface area contributed by atoms with Crippen molar-refractivity contribution in [2.45, 2.75) is 6.42 Å². The number of nitrogens with zero attached hydrogens (tertiary/aromatic N) is 1. The smallest absolute Gasteiger partial charge is 0.309 e. The van der Waals surface area contributed by atoms with E-state index in [1.165, 1.54) is 7.11 Å². The Morgan fingerprint density at radius 1 is 1.41 bits per heavy atom. The Labute approximate surface area is 99.7 Å². The average Bonchev–Trinajstić information content (AvgIpc) is 2.38. The Balaban J connectivity index is 2.16.